The van der Waals surface area contributed by atoms with E-state index in [1.165, 1.54) is 0 Å². The lowest BCUT2D eigenvalue weighted by atomic mass is 9.84. The van der Waals surface area contributed by atoms with Gasteiger partial charge in [0.05, 0.1) is 5.41 Å². The van der Waals surface area contributed by atoms with Gasteiger partial charge in [-0.25, -0.2) is 0 Å². The van der Waals surface area contributed by atoms with E-state index in [0.29, 0.717) is 0 Å². The normalized spacial score (nSPS) is 11.9. The number of aryl methyl sites for hydroxylation is 1. The molecule has 0 bridgehead atoms. The Labute approximate surface area is 101 Å². The molecule has 0 aliphatic rings. The molecule has 1 N–H and O–H groups in total. The molecule has 0 radical (unpaired) electrons. The Hall–Kier alpha value is -1.77. The molecule has 0 saturated carbocycles. The van der Waals surface area contributed by atoms with E-state index in [-0.39, 0.29) is 0 Å². The van der Waals surface area contributed by atoms with E-state index >= 15 is 0 Å². The molecule has 0 aliphatic heterocycles. The minimum atomic E-state index is -0.845. The third kappa shape index (κ3) is 1.82. The van der Waals surface area contributed by atoms with Gasteiger partial charge in [0, 0.05) is 18.3 Å². The van der Waals surface area contributed by atoms with Gasteiger partial charge in [0.15, 0.2) is 0 Å². The summed E-state index contributed by atoms with van der Waals surface area (Å²) in [6.07, 6.45) is 2.03. The maximum absolute atomic E-state index is 11.2. The van der Waals surface area contributed by atoms with Crippen molar-refractivity contribution in [2.75, 3.05) is 0 Å². The average Bonchev–Trinajstić information content (AvgIpc) is 2.70. The molecule has 1 aromatic carbocycles. The molecule has 3 nitrogen and oxygen atoms in total. The Morgan fingerprint density at radius 3 is 2.65 bits per heavy atom. The summed E-state index contributed by atoms with van der Waals surface area (Å²) < 4.78 is 2.15. The van der Waals surface area contributed by atoms with Gasteiger partial charge in [-0.3, -0.25) is 4.79 Å². The topological polar surface area (TPSA) is 42.2 Å². The smallest absolute Gasteiger partial charge is 0.313 e. The van der Waals surface area contributed by atoms with Crippen LogP contribution in [0, 0.1) is 0 Å². The number of carboxylic acid groups (broad SMARTS) is 1. The molecule has 2 rings (SSSR count). The SMILES string of the molecule is CCn1ccc2cc(C(C)(C)C(=O)O)ccc21. The lowest BCUT2D eigenvalue weighted by molar-refractivity contribution is -0.142. The van der Waals surface area contributed by atoms with Gasteiger partial charge < -0.3 is 9.67 Å². The van der Waals surface area contributed by atoms with Crippen molar-refractivity contribution in [2.24, 2.45) is 0 Å². The van der Waals surface area contributed by atoms with Crippen LogP contribution < -0.4 is 0 Å². The number of carbonyl (C=O) groups is 1. The van der Waals surface area contributed by atoms with Gasteiger partial charge in [0.2, 0.25) is 0 Å². The first kappa shape index (κ1) is 11.7. The van der Waals surface area contributed by atoms with Crippen LogP contribution in [0.2, 0.25) is 0 Å². The van der Waals surface area contributed by atoms with Gasteiger partial charge in [-0.15, -0.1) is 0 Å². The molecule has 2 aromatic rings. The van der Waals surface area contributed by atoms with E-state index in [9.17, 15) is 9.90 Å². The number of nitrogens with zero attached hydrogens (tertiary/aromatic N) is 1. The van der Waals surface area contributed by atoms with Crippen molar-refractivity contribution in [3.63, 3.8) is 0 Å². The van der Waals surface area contributed by atoms with Crippen LogP contribution in [0.15, 0.2) is 30.5 Å². The van der Waals surface area contributed by atoms with E-state index in [1.807, 2.05) is 30.5 Å². The molecule has 0 aliphatic carbocycles. The molecule has 3 heteroatoms. The van der Waals surface area contributed by atoms with Gasteiger partial charge in [-0.1, -0.05) is 6.07 Å². The largest absolute Gasteiger partial charge is 0.481 e. The van der Waals surface area contributed by atoms with Crippen molar-refractivity contribution in [1.29, 1.82) is 0 Å². The summed E-state index contributed by atoms with van der Waals surface area (Å²) in [5, 5.41) is 10.3. The first-order valence-corrected chi connectivity index (χ1v) is 5.79. The van der Waals surface area contributed by atoms with Crippen LogP contribution in [0.4, 0.5) is 0 Å². The van der Waals surface area contributed by atoms with Crippen LogP contribution >= 0.6 is 0 Å². The van der Waals surface area contributed by atoms with Crippen molar-refractivity contribution in [3.05, 3.63) is 36.0 Å². The lowest BCUT2D eigenvalue weighted by Crippen LogP contribution is -2.28. The van der Waals surface area contributed by atoms with E-state index < -0.39 is 11.4 Å². The van der Waals surface area contributed by atoms with Gasteiger partial charge >= 0.3 is 5.97 Å². The minimum Gasteiger partial charge on any atom is -0.481 e. The number of fused-ring (bicyclic) bond motifs is 1. The number of aromatic nitrogens is 1. The number of carboxylic acids is 1. The molecular weight excluding hydrogens is 214 g/mol. The highest BCUT2D eigenvalue weighted by atomic mass is 16.4. The molecule has 0 fully saturated rings. The van der Waals surface area contributed by atoms with Crippen LogP contribution in [-0.2, 0) is 16.8 Å². The van der Waals surface area contributed by atoms with Gasteiger partial charge in [-0.2, -0.15) is 0 Å². The maximum atomic E-state index is 11.2. The molecule has 0 saturated heterocycles. The molecule has 0 unspecified atom stereocenters. The molecule has 0 spiro atoms. The number of hydrogen-bond acceptors (Lipinski definition) is 1. The first-order valence-electron chi connectivity index (χ1n) is 5.79. The Morgan fingerprint density at radius 2 is 2.06 bits per heavy atom. The zero-order valence-electron chi connectivity index (χ0n) is 10.4. The molecule has 1 aromatic heterocycles. The molecule has 17 heavy (non-hydrogen) atoms. The number of aliphatic carboxylic acids is 1. The summed E-state index contributed by atoms with van der Waals surface area (Å²) in [6.45, 7) is 6.47. The zero-order valence-corrected chi connectivity index (χ0v) is 10.4. The van der Waals surface area contributed by atoms with Crippen LogP contribution in [0.3, 0.4) is 0 Å². The standard InChI is InChI=1S/C14H17NO2/c1-4-15-8-7-10-9-11(5-6-12(10)15)14(2,3)13(16)17/h5-9H,4H2,1-3H3,(H,16,17). The van der Waals surface area contributed by atoms with E-state index in [0.717, 1.165) is 23.0 Å². The second kappa shape index (κ2) is 3.91. The molecule has 1 heterocycles. The monoisotopic (exact) mass is 231 g/mol. The fourth-order valence-corrected chi connectivity index (χ4v) is 1.99. The average molecular weight is 231 g/mol. The predicted molar refractivity (Wildman–Crippen MR) is 68.3 cm³/mol. The Kier molecular flexibility index (Phi) is 2.69. The van der Waals surface area contributed by atoms with E-state index in [4.69, 9.17) is 0 Å². The highest BCUT2D eigenvalue weighted by molar-refractivity contribution is 5.85. The predicted octanol–water partition coefficient (Wildman–Crippen LogP) is 3.02. The Balaban J connectivity index is 2.56. The van der Waals surface area contributed by atoms with Gasteiger partial charge in [0.25, 0.3) is 0 Å². The summed E-state index contributed by atoms with van der Waals surface area (Å²) in [4.78, 5) is 11.2. The first-order chi connectivity index (χ1) is 7.96. The molecular formula is C14H17NO2. The Bertz CT molecular complexity index is 567. The maximum Gasteiger partial charge on any atom is 0.313 e. The summed E-state index contributed by atoms with van der Waals surface area (Å²) in [6, 6.07) is 7.90. The number of benzene rings is 1. The van der Waals surface area contributed by atoms with Crippen molar-refractivity contribution in [1.82, 2.24) is 4.57 Å². The fourth-order valence-electron chi connectivity index (χ4n) is 1.99. The summed E-state index contributed by atoms with van der Waals surface area (Å²) >= 11 is 0. The van der Waals surface area contributed by atoms with E-state index in [1.54, 1.807) is 13.8 Å². The van der Waals surface area contributed by atoms with Crippen molar-refractivity contribution < 1.29 is 9.90 Å². The highest BCUT2D eigenvalue weighted by Gasteiger charge is 2.29. The quantitative estimate of drug-likeness (QED) is 0.882. The molecule has 0 amide bonds. The van der Waals surface area contributed by atoms with Crippen LogP contribution in [0.25, 0.3) is 10.9 Å². The third-order valence-corrected chi connectivity index (χ3v) is 3.37. The number of rotatable bonds is 3. The van der Waals surface area contributed by atoms with Gasteiger partial charge in [-0.05, 0) is 49.9 Å². The minimum absolute atomic E-state index is 0.799. The summed E-state index contributed by atoms with van der Waals surface area (Å²) in [7, 11) is 0. The number of hydrogen-bond donors (Lipinski definition) is 1. The van der Waals surface area contributed by atoms with Crippen molar-refractivity contribution in [3.8, 4) is 0 Å². The summed E-state index contributed by atoms with van der Waals surface area (Å²) in [5.41, 5.74) is 1.14. The van der Waals surface area contributed by atoms with Crippen molar-refractivity contribution in [2.45, 2.75) is 32.7 Å². The second-order valence-corrected chi connectivity index (χ2v) is 4.81. The Morgan fingerprint density at radius 1 is 1.35 bits per heavy atom. The lowest BCUT2D eigenvalue weighted by Gasteiger charge is -2.19. The zero-order chi connectivity index (χ0) is 12.6. The molecule has 90 valence electrons. The third-order valence-electron chi connectivity index (χ3n) is 3.37. The van der Waals surface area contributed by atoms with Gasteiger partial charge in [0.1, 0.15) is 0 Å². The molecule has 0 atom stereocenters. The fraction of sp³-hybridized carbons (Fsp3) is 0.357. The highest BCUT2D eigenvalue weighted by Crippen LogP contribution is 2.27. The van der Waals surface area contributed by atoms with Crippen LogP contribution in [0.1, 0.15) is 26.3 Å². The van der Waals surface area contributed by atoms with Crippen LogP contribution in [0.5, 0.6) is 0 Å². The summed E-state index contributed by atoms with van der Waals surface area (Å²) in [5.74, 6) is -0.799. The second-order valence-electron chi connectivity index (χ2n) is 4.81. The van der Waals surface area contributed by atoms with E-state index in [2.05, 4.69) is 11.5 Å². The van der Waals surface area contributed by atoms with Crippen molar-refractivity contribution >= 4 is 16.9 Å². The van der Waals surface area contributed by atoms with Crippen LogP contribution in [-0.4, -0.2) is 15.6 Å².